The Kier molecular flexibility index (Phi) is 2.74. The molecule has 0 amide bonds. The van der Waals surface area contributed by atoms with E-state index >= 15 is 0 Å². The number of hydrogen-bond donors (Lipinski definition) is 2. The van der Waals surface area contributed by atoms with Crippen LogP contribution in [0.3, 0.4) is 0 Å². The highest BCUT2D eigenvalue weighted by atomic mass is 16.3. The van der Waals surface area contributed by atoms with E-state index in [2.05, 4.69) is 18.3 Å². The maximum atomic E-state index is 10.6. The van der Waals surface area contributed by atoms with E-state index in [1.54, 1.807) is 0 Å². The van der Waals surface area contributed by atoms with E-state index in [1.807, 2.05) is 0 Å². The van der Waals surface area contributed by atoms with Crippen LogP contribution in [-0.2, 0) is 0 Å². The molecule has 0 spiro atoms. The molecule has 0 radical (unpaired) electrons. The number of nitrogens with one attached hydrogen (secondary N) is 1. The van der Waals surface area contributed by atoms with E-state index < -0.39 is 11.0 Å². The quantitative estimate of drug-likeness (QED) is 0.685. The zero-order chi connectivity index (χ0) is 10.9. The number of β-amino-alcohol motifs (C(OH)–C–C–N with tert-alkyl or cyclic N) is 1. The van der Waals surface area contributed by atoms with Crippen molar-refractivity contribution in [2.24, 2.45) is 11.3 Å². The Morgan fingerprint density at radius 2 is 2.00 bits per heavy atom. The molecule has 0 bridgehead atoms. The highest BCUT2D eigenvalue weighted by Gasteiger charge is 2.53. The second-order valence-corrected chi connectivity index (χ2v) is 5.33. The molecule has 15 heavy (non-hydrogen) atoms. The zero-order valence-electron chi connectivity index (χ0n) is 9.42. The van der Waals surface area contributed by atoms with E-state index in [-0.39, 0.29) is 0 Å². The Balaban J connectivity index is 2.18. The third kappa shape index (κ3) is 1.66. The summed E-state index contributed by atoms with van der Waals surface area (Å²) in [5.41, 5.74) is -1.26. The van der Waals surface area contributed by atoms with Gasteiger partial charge in [0.2, 0.25) is 0 Å². The van der Waals surface area contributed by atoms with Gasteiger partial charge in [-0.1, -0.05) is 6.92 Å². The lowest BCUT2D eigenvalue weighted by molar-refractivity contribution is -0.0611. The molecule has 1 aliphatic heterocycles. The van der Waals surface area contributed by atoms with E-state index in [0.29, 0.717) is 12.5 Å². The summed E-state index contributed by atoms with van der Waals surface area (Å²) in [5.74, 6) is 0.712. The summed E-state index contributed by atoms with van der Waals surface area (Å²) < 4.78 is 0. The lowest BCUT2D eigenvalue weighted by Crippen LogP contribution is -2.50. The summed E-state index contributed by atoms with van der Waals surface area (Å²) in [7, 11) is 0. The zero-order valence-corrected chi connectivity index (χ0v) is 9.42. The molecule has 2 N–H and O–H groups in total. The van der Waals surface area contributed by atoms with Crippen LogP contribution in [0.25, 0.3) is 0 Å². The topological polar surface area (TPSA) is 56.0 Å². The van der Waals surface area contributed by atoms with Crippen LogP contribution in [0, 0.1) is 22.7 Å². The van der Waals surface area contributed by atoms with Crippen LogP contribution in [0.15, 0.2) is 0 Å². The van der Waals surface area contributed by atoms with Crippen molar-refractivity contribution < 1.29 is 5.11 Å². The average molecular weight is 208 g/mol. The molecule has 3 nitrogen and oxygen atoms in total. The standard InChI is InChI=1S/C12H20N2O/c1-10-2-4-11(8-13,5-3-10)12(15)6-7-14-9-12/h10,14-15H,2-7,9H2,1H3. The van der Waals surface area contributed by atoms with Crippen molar-refractivity contribution in [2.45, 2.75) is 44.6 Å². The van der Waals surface area contributed by atoms with Crippen LogP contribution in [0.4, 0.5) is 0 Å². The summed E-state index contributed by atoms with van der Waals surface area (Å²) in [4.78, 5) is 0. The summed E-state index contributed by atoms with van der Waals surface area (Å²) in [6.45, 7) is 3.67. The fraction of sp³-hybridized carbons (Fsp3) is 0.917. The van der Waals surface area contributed by atoms with Crippen molar-refractivity contribution in [3.8, 4) is 6.07 Å². The minimum absolute atomic E-state index is 0.483. The Morgan fingerprint density at radius 1 is 1.33 bits per heavy atom. The first-order valence-corrected chi connectivity index (χ1v) is 5.96. The fourth-order valence-electron chi connectivity index (χ4n) is 3.02. The monoisotopic (exact) mass is 208 g/mol. The van der Waals surface area contributed by atoms with Gasteiger partial charge in [-0.15, -0.1) is 0 Å². The smallest absolute Gasteiger partial charge is 0.0968 e. The Labute approximate surface area is 91.5 Å². The van der Waals surface area contributed by atoms with Crippen molar-refractivity contribution in [3.05, 3.63) is 0 Å². The van der Waals surface area contributed by atoms with Gasteiger partial charge >= 0.3 is 0 Å². The molecular weight excluding hydrogens is 188 g/mol. The number of nitrogens with zero attached hydrogens (tertiary/aromatic N) is 1. The lowest BCUT2D eigenvalue weighted by Gasteiger charge is -2.43. The predicted octanol–water partition coefficient (Wildman–Crippen LogP) is 1.43. The van der Waals surface area contributed by atoms with Gasteiger partial charge < -0.3 is 10.4 Å². The minimum Gasteiger partial charge on any atom is -0.387 e. The normalized spacial score (nSPS) is 46.3. The molecule has 1 saturated carbocycles. The first-order valence-electron chi connectivity index (χ1n) is 5.96. The van der Waals surface area contributed by atoms with E-state index in [0.717, 1.165) is 38.6 Å². The fourth-order valence-corrected chi connectivity index (χ4v) is 3.02. The van der Waals surface area contributed by atoms with Crippen LogP contribution in [-0.4, -0.2) is 23.8 Å². The summed E-state index contributed by atoms with van der Waals surface area (Å²) >= 11 is 0. The summed E-state index contributed by atoms with van der Waals surface area (Å²) in [6, 6.07) is 2.43. The van der Waals surface area contributed by atoms with Crippen molar-refractivity contribution in [1.82, 2.24) is 5.32 Å². The number of hydrogen-bond acceptors (Lipinski definition) is 3. The molecule has 2 fully saturated rings. The van der Waals surface area contributed by atoms with Crippen molar-refractivity contribution in [2.75, 3.05) is 13.1 Å². The minimum atomic E-state index is -0.776. The molecular formula is C12H20N2O. The van der Waals surface area contributed by atoms with Crippen molar-refractivity contribution in [1.29, 1.82) is 5.26 Å². The highest BCUT2D eigenvalue weighted by Crippen LogP contribution is 2.48. The molecule has 2 rings (SSSR count). The molecule has 1 unspecified atom stereocenters. The van der Waals surface area contributed by atoms with Crippen LogP contribution in [0.2, 0.25) is 0 Å². The maximum Gasteiger partial charge on any atom is 0.0968 e. The molecule has 0 aromatic carbocycles. The number of nitriles is 1. The molecule has 3 heteroatoms. The second-order valence-electron chi connectivity index (χ2n) is 5.33. The molecule has 0 aromatic heterocycles. The Bertz CT molecular complexity index is 268. The first-order chi connectivity index (χ1) is 7.12. The van der Waals surface area contributed by atoms with Gasteiger partial charge in [0, 0.05) is 6.54 Å². The van der Waals surface area contributed by atoms with Gasteiger partial charge in [0.05, 0.1) is 17.1 Å². The Hall–Kier alpha value is -0.590. The van der Waals surface area contributed by atoms with Crippen LogP contribution in [0.5, 0.6) is 0 Å². The summed E-state index contributed by atoms with van der Waals surface area (Å²) in [5, 5.41) is 23.2. The SMILES string of the molecule is CC1CCC(C#N)(C2(O)CCNC2)CC1. The predicted molar refractivity (Wildman–Crippen MR) is 58.1 cm³/mol. The van der Waals surface area contributed by atoms with Gasteiger partial charge in [0.15, 0.2) is 0 Å². The molecule has 1 saturated heterocycles. The largest absolute Gasteiger partial charge is 0.387 e. The molecule has 84 valence electrons. The number of rotatable bonds is 1. The third-order valence-electron chi connectivity index (χ3n) is 4.37. The van der Waals surface area contributed by atoms with E-state index in [1.165, 1.54) is 0 Å². The van der Waals surface area contributed by atoms with Crippen molar-refractivity contribution in [3.63, 3.8) is 0 Å². The van der Waals surface area contributed by atoms with Gasteiger partial charge in [-0.2, -0.15) is 5.26 Å². The van der Waals surface area contributed by atoms with Crippen LogP contribution < -0.4 is 5.32 Å². The van der Waals surface area contributed by atoms with Gasteiger partial charge in [0.1, 0.15) is 0 Å². The molecule has 1 aliphatic carbocycles. The first kappa shape index (κ1) is 10.9. The lowest BCUT2D eigenvalue weighted by atomic mass is 9.62. The highest BCUT2D eigenvalue weighted by molar-refractivity contribution is 5.15. The second kappa shape index (κ2) is 3.77. The molecule has 1 heterocycles. The van der Waals surface area contributed by atoms with Crippen molar-refractivity contribution >= 4 is 0 Å². The van der Waals surface area contributed by atoms with Gasteiger partial charge in [-0.3, -0.25) is 0 Å². The third-order valence-corrected chi connectivity index (χ3v) is 4.37. The van der Waals surface area contributed by atoms with Gasteiger partial charge in [-0.25, -0.2) is 0 Å². The summed E-state index contributed by atoms with van der Waals surface area (Å²) in [6.07, 6.45) is 4.62. The van der Waals surface area contributed by atoms with Gasteiger partial charge in [-0.05, 0) is 44.6 Å². The maximum absolute atomic E-state index is 10.6. The van der Waals surface area contributed by atoms with Crippen LogP contribution in [0.1, 0.15) is 39.0 Å². The van der Waals surface area contributed by atoms with E-state index in [9.17, 15) is 10.4 Å². The Morgan fingerprint density at radius 3 is 2.47 bits per heavy atom. The molecule has 1 atom stereocenters. The average Bonchev–Trinajstić information content (AvgIpc) is 2.68. The molecule has 2 aliphatic rings. The van der Waals surface area contributed by atoms with E-state index in [4.69, 9.17) is 0 Å². The number of aliphatic hydroxyl groups is 1. The van der Waals surface area contributed by atoms with Crippen LogP contribution >= 0.6 is 0 Å². The molecule has 0 aromatic rings. The van der Waals surface area contributed by atoms with Gasteiger partial charge in [0.25, 0.3) is 0 Å².